The smallest absolute Gasteiger partial charge is 0.228 e. The van der Waals surface area contributed by atoms with Crippen LogP contribution in [0.2, 0.25) is 0 Å². The van der Waals surface area contributed by atoms with Crippen molar-refractivity contribution in [2.45, 2.75) is 20.3 Å². The van der Waals surface area contributed by atoms with Crippen LogP contribution in [0.3, 0.4) is 0 Å². The molecule has 0 atom stereocenters. The molecule has 25 heavy (non-hydrogen) atoms. The molecule has 0 bridgehead atoms. The highest BCUT2D eigenvalue weighted by molar-refractivity contribution is 5.92. The highest BCUT2D eigenvalue weighted by atomic mass is 16.5. The van der Waals surface area contributed by atoms with Crippen LogP contribution in [0.5, 0.6) is 5.75 Å². The first-order valence-corrected chi connectivity index (χ1v) is 7.97. The average Bonchev–Trinajstić information content (AvgIpc) is 2.94. The fraction of sp³-hybridized carbons (Fsp3) is 0.211. The topological polar surface area (TPSA) is 69.0 Å². The van der Waals surface area contributed by atoms with Gasteiger partial charge in [-0.3, -0.25) is 4.79 Å². The number of nitrogens with one attached hydrogen (secondary N) is 1. The Kier molecular flexibility index (Phi) is 4.79. The summed E-state index contributed by atoms with van der Waals surface area (Å²) in [4.78, 5) is 16.5. The summed E-state index contributed by atoms with van der Waals surface area (Å²) in [6.45, 7) is 3.92. The maximum Gasteiger partial charge on any atom is 0.228 e. The Morgan fingerprint density at radius 2 is 1.92 bits per heavy atom. The average molecular weight is 336 g/mol. The normalized spacial score (nSPS) is 10.5. The zero-order chi connectivity index (χ0) is 17.8. The van der Waals surface area contributed by atoms with Gasteiger partial charge in [-0.25, -0.2) is 9.67 Å². The molecule has 0 saturated carbocycles. The summed E-state index contributed by atoms with van der Waals surface area (Å²) in [7, 11) is 1.62. The number of rotatable bonds is 5. The number of aryl methyl sites for hydroxylation is 2. The first-order valence-electron chi connectivity index (χ1n) is 7.97. The molecule has 6 nitrogen and oxygen atoms in total. The van der Waals surface area contributed by atoms with Crippen molar-refractivity contribution >= 4 is 11.6 Å². The van der Waals surface area contributed by atoms with Gasteiger partial charge < -0.3 is 10.1 Å². The lowest BCUT2D eigenvalue weighted by molar-refractivity contribution is -0.115. The lowest BCUT2D eigenvalue weighted by atomic mass is 10.1. The first kappa shape index (κ1) is 16.7. The Morgan fingerprint density at radius 3 is 2.48 bits per heavy atom. The number of benzene rings is 1. The van der Waals surface area contributed by atoms with E-state index in [9.17, 15) is 4.79 Å². The molecule has 0 fully saturated rings. The van der Waals surface area contributed by atoms with E-state index in [2.05, 4.69) is 15.4 Å². The van der Waals surface area contributed by atoms with Crippen LogP contribution in [0, 0.1) is 13.8 Å². The molecular weight excluding hydrogens is 316 g/mol. The maximum absolute atomic E-state index is 12.2. The van der Waals surface area contributed by atoms with Crippen molar-refractivity contribution in [3.8, 4) is 11.6 Å². The summed E-state index contributed by atoms with van der Waals surface area (Å²) >= 11 is 0. The molecule has 0 spiro atoms. The fourth-order valence-electron chi connectivity index (χ4n) is 2.58. The zero-order valence-corrected chi connectivity index (χ0v) is 14.5. The second-order valence-electron chi connectivity index (χ2n) is 5.82. The number of ether oxygens (including phenoxy) is 1. The van der Waals surface area contributed by atoms with Crippen LogP contribution in [-0.2, 0) is 11.2 Å². The molecule has 2 aromatic heterocycles. The third-order valence-corrected chi connectivity index (χ3v) is 3.78. The Balaban J connectivity index is 1.64. The number of carbonyl (C=O) groups excluding carboxylic acids is 1. The van der Waals surface area contributed by atoms with Crippen molar-refractivity contribution in [2.24, 2.45) is 0 Å². The molecular formula is C19H20N4O2. The third kappa shape index (κ3) is 4.03. The van der Waals surface area contributed by atoms with E-state index in [1.54, 1.807) is 18.0 Å². The van der Waals surface area contributed by atoms with Crippen LogP contribution in [0.1, 0.15) is 17.0 Å². The summed E-state index contributed by atoms with van der Waals surface area (Å²) in [6, 6.07) is 13.1. The number of hydrogen-bond acceptors (Lipinski definition) is 4. The molecule has 128 valence electrons. The molecule has 0 unspecified atom stereocenters. The molecule has 1 amide bonds. The van der Waals surface area contributed by atoms with Crippen molar-refractivity contribution in [3.63, 3.8) is 0 Å². The van der Waals surface area contributed by atoms with Gasteiger partial charge in [0, 0.05) is 5.69 Å². The monoisotopic (exact) mass is 336 g/mol. The van der Waals surface area contributed by atoms with E-state index in [0.717, 1.165) is 28.5 Å². The predicted molar refractivity (Wildman–Crippen MR) is 96.2 cm³/mol. The number of aromatic nitrogens is 3. The van der Waals surface area contributed by atoms with Crippen LogP contribution in [0.4, 0.5) is 5.69 Å². The van der Waals surface area contributed by atoms with Crippen molar-refractivity contribution in [2.75, 3.05) is 12.4 Å². The van der Waals surface area contributed by atoms with Gasteiger partial charge in [0.2, 0.25) is 5.91 Å². The summed E-state index contributed by atoms with van der Waals surface area (Å²) < 4.78 is 6.89. The summed E-state index contributed by atoms with van der Waals surface area (Å²) in [6.07, 6.45) is 1.93. The second-order valence-corrected chi connectivity index (χ2v) is 5.82. The minimum absolute atomic E-state index is 0.0918. The largest absolute Gasteiger partial charge is 0.497 e. The molecule has 0 radical (unpaired) electrons. The van der Waals surface area contributed by atoms with E-state index < -0.39 is 0 Å². The lowest BCUT2D eigenvalue weighted by Crippen LogP contribution is -2.14. The third-order valence-electron chi connectivity index (χ3n) is 3.78. The van der Waals surface area contributed by atoms with Crippen LogP contribution in [0.15, 0.2) is 48.7 Å². The van der Waals surface area contributed by atoms with E-state index in [0.29, 0.717) is 12.1 Å². The standard InChI is InChI=1S/C19H20N4O2/c1-13-10-14(2)23(22-13)18-9-6-16(12-20-18)21-19(24)11-15-4-7-17(25-3)8-5-15/h4-10,12H,11H2,1-3H3,(H,21,24). The van der Waals surface area contributed by atoms with Crippen molar-refractivity contribution < 1.29 is 9.53 Å². The summed E-state index contributed by atoms with van der Waals surface area (Å²) in [5.41, 5.74) is 3.53. The lowest BCUT2D eigenvalue weighted by Gasteiger charge is -2.07. The van der Waals surface area contributed by atoms with E-state index in [4.69, 9.17) is 4.74 Å². The van der Waals surface area contributed by atoms with Gasteiger partial charge in [-0.05, 0) is 49.7 Å². The number of amides is 1. The van der Waals surface area contributed by atoms with Crippen molar-refractivity contribution in [1.29, 1.82) is 0 Å². The predicted octanol–water partition coefficient (Wildman–Crippen LogP) is 3.07. The molecule has 3 aromatic rings. The van der Waals surface area contributed by atoms with E-state index in [1.807, 2.05) is 56.3 Å². The molecule has 3 rings (SSSR count). The highest BCUT2D eigenvalue weighted by Crippen LogP contribution is 2.14. The summed E-state index contributed by atoms with van der Waals surface area (Å²) in [5.74, 6) is 1.40. The highest BCUT2D eigenvalue weighted by Gasteiger charge is 2.07. The molecule has 1 N–H and O–H groups in total. The molecule has 1 aromatic carbocycles. The van der Waals surface area contributed by atoms with Gasteiger partial charge >= 0.3 is 0 Å². The van der Waals surface area contributed by atoms with Gasteiger partial charge in [-0.15, -0.1) is 0 Å². The Bertz CT molecular complexity index is 867. The van der Waals surface area contributed by atoms with Crippen molar-refractivity contribution in [3.05, 3.63) is 65.6 Å². The van der Waals surface area contributed by atoms with Crippen molar-refractivity contribution in [1.82, 2.24) is 14.8 Å². The molecule has 0 aliphatic carbocycles. The number of anilines is 1. The van der Waals surface area contributed by atoms with Gasteiger partial charge in [0.1, 0.15) is 5.75 Å². The van der Waals surface area contributed by atoms with E-state index in [1.165, 1.54) is 0 Å². The van der Waals surface area contributed by atoms with Gasteiger partial charge in [-0.2, -0.15) is 5.10 Å². The first-order chi connectivity index (χ1) is 12.0. The molecule has 6 heteroatoms. The molecule has 0 saturated heterocycles. The van der Waals surface area contributed by atoms with Crippen LogP contribution in [-0.4, -0.2) is 27.8 Å². The quantitative estimate of drug-likeness (QED) is 0.777. The second kappa shape index (κ2) is 7.17. The van der Waals surface area contributed by atoms with Gasteiger partial charge in [0.25, 0.3) is 0 Å². The van der Waals surface area contributed by atoms with E-state index in [-0.39, 0.29) is 5.91 Å². The Morgan fingerprint density at radius 1 is 1.16 bits per heavy atom. The zero-order valence-electron chi connectivity index (χ0n) is 14.5. The van der Waals surface area contributed by atoms with E-state index >= 15 is 0 Å². The van der Waals surface area contributed by atoms with Gasteiger partial charge in [0.15, 0.2) is 5.82 Å². The Labute approximate surface area is 146 Å². The minimum atomic E-state index is -0.0918. The number of pyridine rings is 1. The van der Waals surface area contributed by atoms with Crippen LogP contribution in [0.25, 0.3) is 5.82 Å². The number of nitrogens with zero attached hydrogens (tertiary/aromatic N) is 3. The number of carbonyl (C=O) groups is 1. The van der Waals surface area contributed by atoms with Crippen LogP contribution < -0.4 is 10.1 Å². The number of methoxy groups -OCH3 is 1. The van der Waals surface area contributed by atoms with Gasteiger partial charge in [0.05, 0.1) is 31.1 Å². The summed E-state index contributed by atoms with van der Waals surface area (Å²) in [5, 5.41) is 7.25. The minimum Gasteiger partial charge on any atom is -0.497 e. The number of hydrogen-bond donors (Lipinski definition) is 1. The van der Waals surface area contributed by atoms with Crippen LogP contribution >= 0.6 is 0 Å². The Hall–Kier alpha value is -3.15. The fourth-order valence-corrected chi connectivity index (χ4v) is 2.58. The molecule has 2 heterocycles. The SMILES string of the molecule is COc1ccc(CC(=O)Nc2ccc(-n3nc(C)cc3C)nc2)cc1. The maximum atomic E-state index is 12.2. The van der Waals surface area contributed by atoms with Gasteiger partial charge in [-0.1, -0.05) is 12.1 Å². The molecule has 0 aliphatic rings. The molecule has 0 aliphatic heterocycles.